The highest BCUT2D eigenvalue weighted by molar-refractivity contribution is 8.21. The average Bonchev–Trinajstić information content (AvgIpc) is 3.29. The van der Waals surface area contributed by atoms with Crippen molar-refractivity contribution in [1.82, 2.24) is 19.9 Å². The number of hydrogen-bond donors (Lipinski definition) is 0. The van der Waals surface area contributed by atoms with Gasteiger partial charge in [-0.3, -0.25) is 9.80 Å². The van der Waals surface area contributed by atoms with E-state index >= 15 is 0 Å². The smallest absolute Gasteiger partial charge is 0.234 e. The number of anilines is 4. The standard InChI is InChI=1S/C21H14N6S2/c1-3-7-15(8-4-1)26-17-18(23-12-11-22-17)27(16-9-5-2-6-10-16)21(26)28-19-20(29-21)25-14-13-24-19/h1-14H. The highest BCUT2D eigenvalue weighted by Crippen LogP contribution is 2.66. The topological polar surface area (TPSA) is 58.0 Å². The molecule has 2 aliphatic heterocycles. The molecule has 0 fully saturated rings. The fourth-order valence-corrected chi connectivity index (χ4v) is 6.67. The van der Waals surface area contributed by atoms with Crippen molar-refractivity contribution in [2.45, 2.75) is 14.4 Å². The zero-order valence-corrected chi connectivity index (χ0v) is 16.7. The Labute approximate surface area is 176 Å². The molecule has 0 amide bonds. The SMILES string of the molecule is c1ccc(N2c3nccnc3N(c3ccccc3)C23Sc2nccnc2S3)cc1. The molecular weight excluding hydrogens is 400 g/mol. The summed E-state index contributed by atoms with van der Waals surface area (Å²) in [6.45, 7) is 0. The maximum atomic E-state index is 4.73. The van der Waals surface area contributed by atoms with Crippen LogP contribution in [0.1, 0.15) is 0 Å². The lowest BCUT2D eigenvalue weighted by molar-refractivity contribution is 0.858. The molecule has 2 aliphatic rings. The van der Waals surface area contributed by atoms with Crippen LogP contribution in [0.25, 0.3) is 0 Å². The summed E-state index contributed by atoms with van der Waals surface area (Å²) < 4.78 is -0.601. The molecule has 8 heteroatoms. The Balaban J connectivity index is 1.63. The monoisotopic (exact) mass is 414 g/mol. The van der Waals surface area contributed by atoms with Gasteiger partial charge < -0.3 is 0 Å². The van der Waals surface area contributed by atoms with Crippen molar-refractivity contribution in [3.05, 3.63) is 85.5 Å². The lowest BCUT2D eigenvalue weighted by Crippen LogP contribution is -2.46. The minimum atomic E-state index is -0.601. The molecule has 0 radical (unpaired) electrons. The van der Waals surface area contributed by atoms with E-state index in [1.807, 2.05) is 36.4 Å². The lowest BCUT2D eigenvalue weighted by atomic mass is 10.3. The molecule has 0 aliphatic carbocycles. The van der Waals surface area contributed by atoms with E-state index in [0.29, 0.717) is 0 Å². The number of thioether (sulfide) groups is 2. The highest BCUT2D eigenvalue weighted by Gasteiger charge is 2.59. The summed E-state index contributed by atoms with van der Waals surface area (Å²) in [5.41, 5.74) is 2.08. The number of aromatic nitrogens is 4. The van der Waals surface area contributed by atoms with Gasteiger partial charge in [-0.15, -0.1) is 0 Å². The first-order valence-electron chi connectivity index (χ1n) is 9.07. The zero-order valence-electron chi connectivity index (χ0n) is 15.1. The number of benzene rings is 2. The summed E-state index contributed by atoms with van der Waals surface area (Å²) in [6, 6.07) is 20.6. The third-order valence-electron chi connectivity index (χ3n) is 4.77. The number of fused-ring (bicyclic) bond motifs is 2. The maximum absolute atomic E-state index is 4.73. The van der Waals surface area contributed by atoms with Crippen LogP contribution in [0.15, 0.2) is 95.5 Å². The molecule has 0 saturated carbocycles. The van der Waals surface area contributed by atoms with Crippen LogP contribution in [0.4, 0.5) is 23.0 Å². The first kappa shape index (κ1) is 16.8. The Bertz CT molecular complexity index is 1090. The second-order valence-corrected chi connectivity index (χ2v) is 9.04. The third-order valence-corrected chi connectivity index (χ3v) is 7.65. The Morgan fingerprint density at radius 1 is 0.552 bits per heavy atom. The van der Waals surface area contributed by atoms with Gasteiger partial charge in [-0.2, -0.15) is 0 Å². The van der Waals surface area contributed by atoms with Crippen LogP contribution >= 0.6 is 23.5 Å². The summed E-state index contributed by atoms with van der Waals surface area (Å²) >= 11 is 3.34. The summed E-state index contributed by atoms with van der Waals surface area (Å²) in [5, 5.41) is 1.82. The van der Waals surface area contributed by atoms with Gasteiger partial charge in [-0.25, -0.2) is 19.9 Å². The molecule has 6 nitrogen and oxygen atoms in total. The Hall–Kier alpha value is -3.10. The van der Waals surface area contributed by atoms with Gasteiger partial charge in [-0.05, 0) is 47.8 Å². The predicted octanol–water partition coefficient (Wildman–Crippen LogP) is 5.07. The number of rotatable bonds is 2. The van der Waals surface area contributed by atoms with Crippen molar-refractivity contribution in [3.63, 3.8) is 0 Å². The number of para-hydroxylation sites is 2. The first-order chi connectivity index (χ1) is 14.4. The Morgan fingerprint density at radius 3 is 1.41 bits per heavy atom. The van der Waals surface area contributed by atoms with Crippen LogP contribution in [0, 0.1) is 0 Å². The van der Waals surface area contributed by atoms with Gasteiger partial charge in [0, 0.05) is 36.2 Å². The molecule has 0 bridgehead atoms. The maximum Gasteiger partial charge on any atom is 0.234 e. The molecule has 1 spiro atoms. The molecule has 0 N–H and O–H groups in total. The predicted molar refractivity (Wildman–Crippen MR) is 116 cm³/mol. The van der Waals surface area contributed by atoms with Crippen LogP contribution in [0.2, 0.25) is 0 Å². The summed E-state index contributed by atoms with van der Waals surface area (Å²) in [4.78, 5) is 23.1. The summed E-state index contributed by atoms with van der Waals surface area (Å²) in [5.74, 6) is 1.63. The molecule has 4 aromatic rings. The molecule has 0 atom stereocenters. The van der Waals surface area contributed by atoms with Crippen molar-refractivity contribution in [2.75, 3.05) is 9.80 Å². The van der Waals surface area contributed by atoms with Gasteiger partial charge in [0.25, 0.3) is 0 Å². The molecule has 0 unspecified atom stereocenters. The summed E-state index contributed by atoms with van der Waals surface area (Å²) in [6.07, 6.45) is 6.96. The van der Waals surface area contributed by atoms with Gasteiger partial charge in [0.05, 0.1) is 0 Å². The average molecular weight is 415 g/mol. The molecular formula is C21H14N6S2. The Morgan fingerprint density at radius 2 is 0.966 bits per heavy atom. The fourth-order valence-electron chi connectivity index (χ4n) is 3.64. The molecule has 29 heavy (non-hydrogen) atoms. The first-order valence-corrected chi connectivity index (χ1v) is 10.7. The van der Waals surface area contributed by atoms with Gasteiger partial charge in [0.2, 0.25) is 4.33 Å². The molecule has 0 saturated heterocycles. The quantitative estimate of drug-likeness (QED) is 0.451. The molecule has 4 heterocycles. The summed E-state index contributed by atoms with van der Waals surface area (Å²) in [7, 11) is 0. The minimum absolute atomic E-state index is 0.601. The van der Waals surface area contributed by atoms with Gasteiger partial charge in [0.15, 0.2) is 11.6 Å². The molecule has 2 aromatic carbocycles. The lowest BCUT2D eigenvalue weighted by Gasteiger charge is -2.39. The van der Waals surface area contributed by atoms with Gasteiger partial charge >= 0.3 is 0 Å². The van der Waals surface area contributed by atoms with E-state index in [2.05, 4.69) is 44.0 Å². The second-order valence-electron chi connectivity index (χ2n) is 6.46. The normalized spacial score (nSPS) is 16.1. The van der Waals surface area contributed by atoms with Crippen molar-refractivity contribution in [2.24, 2.45) is 0 Å². The van der Waals surface area contributed by atoms with Crippen molar-refractivity contribution < 1.29 is 0 Å². The van der Waals surface area contributed by atoms with Gasteiger partial charge in [0.1, 0.15) is 10.1 Å². The van der Waals surface area contributed by atoms with Crippen molar-refractivity contribution in [3.8, 4) is 0 Å². The van der Waals surface area contributed by atoms with Crippen molar-refractivity contribution in [1.29, 1.82) is 0 Å². The van der Waals surface area contributed by atoms with E-state index in [9.17, 15) is 0 Å². The fraction of sp³-hybridized carbons (Fsp3) is 0.0476. The second kappa shape index (κ2) is 6.47. The van der Waals surface area contributed by atoms with Crippen LogP contribution in [0.5, 0.6) is 0 Å². The molecule has 6 rings (SSSR count). The number of hydrogen-bond acceptors (Lipinski definition) is 8. The van der Waals surface area contributed by atoms with Crippen molar-refractivity contribution >= 4 is 46.5 Å². The van der Waals surface area contributed by atoms with E-state index in [1.54, 1.807) is 48.3 Å². The molecule has 140 valence electrons. The third kappa shape index (κ3) is 2.46. The van der Waals surface area contributed by atoms with E-state index in [4.69, 9.17) is 9.97 Å². The van der Waals surface area contributed by atoms with Crippen LogP contribution in [-0.2, 0) is 0 Å². The van der Waals surface area contributed by atoms with E-state index < -0.39 is 4.33 Å². The van der Waals surface area contributed by atoms with E-state index in [1.165, 1.54) is 0 Å². The van der Waals surface area contributed by atoms with Crippen LogP contribution in [0.3, 0.4) is 0 Å². The van der Waals surface area contributed by atoms with Crippen LogP contribution < -0.4 is 9.80 Å². The van der Waals surface area contributed by atoms with Crippen LogP contribution in [-0.4, -0.2) is 24.3 Å². The zero-order chi connectivity index (χ0) is 19.3. The van der Waals surface area contributed by atoms with E-state index in [-0.39, 0.29) is 0 Å². The van der Waals surface area contributed by atoms with Gasteiger partial charge in [-0.1, -0.05) is 36.4 Å². The van der Waals surface area contributed by atoms with E-state index in [0.717, 1.165) is 33.1 Å². The Kier molecular flexibility index (Phi) is 3.75. The number of nitrogens with zero attached hydrogens (tertiary/aromatic N) is 6. The molecule has 2 aromatic heterocycles. The minimum Gasteiger partial charge on any atom is -0.281 e. The highest BCUT2D eigenvalue weighted by atomic mass is 32.2. The largest absolute Gasteiger partial charge is 0.281 e.